The number of fused-ring (bicyclic) bond motifs is 1. The molecule has 0 N–H and O–H groups in total. The summed E-state index contributed by atoms with van der Waals surface area (Å²) in [6.07, 6.45) is 6.03. The zero-order chi connectivity index (χ0) is 17.2. The lowest BCUT2D eigenvalue weighted by Crippen LogP contribution is -2.40. The van der Waals surface area contributed by atoms with Crippen molar-refractivity contribution in [3.63, 3.8) is 0 Å². The molecule has 0 spiro atoms. The predicted molar refractivity (Wildman–Crippen MR) is 92.0 cm³/mol. The molecule has 2 heterocycles. The second-order valence-electron chi connectivity index (χ2n) is 7.20. The number of carbonyl (C=O) groups is 1. The molecule has 1 atom stereocenters. The number of hydrogen-bond donors (Lipinski definition) is 0. The summed E-state index contributed by atoms with van der Waals surface area (Å²) >= 11 is 0. The molecule has 24 heavy (non-hydrogen) atoms. The summed E-state index contributed by atoms with van der Waals surface area (Å²) in [7, 11) is 0. The van der Waals surface area contributed by atoms with Crippen LogP contribution in [0.1, 0.15) is 39.2 Å². The maximum absolute atomic E-state index is 12.3. The van der Waals surface area contributed by atoms with E-state index in [2.05, 4.69) is 11.0 Å². The summed E-state index contributed by atoms with van der Waals surface area (Å²) in [6.45, 7) is 7.67. The van der Waals surface area contributed by atoms with Crippen LogP contribution in [0.2, 0.25) is 0 Å². The Morgan fingerprint density at radius 1 is 1.33 bits per heavy atom. The number of carbonyl (C=O) groups excluding carboxylic acids is 1. The Kier molecular flexibility index (Phi) is 4.81. The zero-order valence-electron chi connectivity index (χ0n) is 14.6. The van der Waals surface area contributed by atoms with E-state index < -0.39 is 5.60 Å². The van der Waals surface area contributed by atoms with Crippen molar-refractivity contribution in [3.05, 3.63) is 29.8 Å². The van der Waals surface area contributed by atoms with Gasteiger partial charge in [-0.05, 0) is 57.9 Å². The van der Waals surface area contributed by atoms with Crippen molar-refractivity contribution in [2.24, 2.45) is 0 Å². The lowest BCUT2D eigenvalue weighted by molar-refractivity contribution is -0.160. The van der Waals surface area contributed by atoms with E-state index in [1.807, 2.05) is 45.0 Å². The molecule has 0 unspecified atom stereocenters. The van der Waals surface area contributed by atoms with E-state index in [0.717, 1.165) is 43.0 Å². The van der Waals surface area contributed by atoms with E-state index in [-0.39, 0.29) is 18.8 Å². The zero-order valence-corrected chi connectivity index (χ0v) is 14.6. The summed E-state index contributed by atoms with van der Waals surface area (Å²) in [4.78, 5) is 14.5. The number of ether oxygens (including phenoxy) is 3. The molecule has 0 aromatic heterocycles. The molecule has 3 rings (SSSR count). The normalized spacial score (nSPS) is 20.7. The fourth-order valence-electron chi connectivity index (χ4n) is 3.02. The van der Waals surface area contributed by atoms with Crippen LogP contribution in [-0.4, -0.2) is 42.4 Å². The topological polar surface area (TPSA) is 48.0 Å². The molecule has 1 aromatic carbocycles. The summed E-state index contributed by atoms with van der Waals surface area (Å²) < 4.78 is 16.2. The number of esters is 1. The van der Waals surface area contributed by atoms with Gasteiger partial charge in [-0.3, -0.25) is 9.69 Å². The molecular weight excluding hydrogens is 306 g/mol. The van der Waals surface area contributed by atoms with Crippen molar-refractivity contribution in [3.8, 4) is 11.5 Å². The van der Waals surface area contributed by atoms with Crippen molar-refractivity contribution in [2.45, 2.75) is 45.3 Å². The third kappa shape index (κ3) is 4.09. The molecule has 0 bridgehead atoms. The highest BCUT2D eigenvalue weighted by atomic mass is 16.7. The van der Waals surface area contributed by atoms with Gasteiger partial charge in [0, 0.05) is 6.54 Å². The minimum absolute atomic E-state index is 0.114. The maximum atomic E-state index is 12.3. The largest absolute Gasteiger partial charge is 0.459 e. The predicted octanol–water partition coefficient (Wildman–Crippen LogP) is 3.23. The Labute approximate surface area is 143 Å². The van der Waals surface area contributed by atoms with Gasteiger partial charge in [-0.2, -0.15) is 0 Å². The van der Waals surface area contributed by atoms with Crippen LogP contribution in [-0.2, 0) is 9.53 Å². The lowest BCUT2D eigenvalue weighted by atomic mass is 10.1. The second kappa shape index (κ2) is 6.85. The number of rotatable bonds is 4. The van der Waals surface area contributed by atoms with Crippen LogP contribution in [0.4, 0.5) is 0 Å². The van der Waals surface area contributed by atoms with Crippen LogP contribution in [0.3, 0.4) is 0 Å². The number of nitrogens with zero attached hydrogens (tertiary/aromatic N) is 1. The van der Waals surface area contributed by atoms with E-state index in [9.17, 15) is 4.79 Å². The van der Waals surface area contributed by atoms with Gasteiger partial charge in [-0.15, -0.1) is 0 Å². The third-order valence-electron chi connectivity index (χ3n) is 4.09. The highest BCUT2D eigenvalue weighted by Crippen LogP contribution is 2.32. The molecule has 130 valence electrons. The van der Waals surface area contributed by atoms with Crippen molar-refractivity contribution >= 4 is 12.0 Å². The van der Waals surface area contributed by atoms with Crippen LogP contribution in [0.5, 0.6) is 11.5 Å². The van der Waals surface area contributed by atoms with Crippen LogP contribution in [0, 0.1) is 0 Å². The van der Waals surface area contributed by atoms with Crippen LogP contribution in [0.15, 0.2) is 24.3 Å². The van der Waals surface area contributed by atoms with Crippen LogP contribution < -0.4 is 9.47 Å². The Morgan fingerprint density at radius 3 is 2.92 bits per heavy atom. The molecule has 2 aliphatic heterocycles. The summed E-state index contributed by atoms with van der Waals surface area (Å²) in [5.74, 6) is 1.46. The van der Waals surface area contributed by atoms with Crippen molar-refractivity contribution in [1.29, 1.82) is 0 Å². The van der Waals surface area contributed by atoms with Crippen LogP contribution in [0.25, 0.3) is 6.08 Å². The average molecular weight is 331 g/mol. The van der Waals surface area contributed by atoms with Gasteiger partial charge in [-0.1, -0.05) is 18.2 Å². The van der Waals surface area contributed by atoms with Gasteiger partial charge in [-0.25, -0.2) is 0 Å². The molecule has 0 aliphatic carbocycles. The van der Waals surface area contributed by atoms with Gasteiger partial charge in [0.25, 0.3) is 0 Å². The SMILES string of the molecule is CC(C)(C)OC(=O)[C@@H]1CCCN1C/C=C/c1ccc2c(c1)OCO2. The minimum Gasteiger partial charge on any atom is -0.459 e. The lowest BCUT2D eigenvalue weighted by Gasteiger charge is -2.26. The second-order valence-corrected chi connectivity index (χ2v) is 7.20. The Balaban J connectivity index is 1.58. The molecule has 2 aliphatic rings. The smallest absolute Gasteiger partial charge is 0.323 e. The first kappa shape index (κ1) is 16.8. The standard InChI is InChI=1S/C19H25NO4/c1-19(2,3)24-18(21)15-7-5-11-20(15)10-4-6-14-8-9-16-17(12-14)23-13-22-16/h4,6,8-9,12,15H,5,7,10-11,13H2,1-3H3/b6-4+/t15-/m0/s1. The summed E-state index contributed by atoms with van der Waals surface area (Å²) in [5, 5.41) is 0. The van der Waals surface area contributed by atoms with E-state index in [0.29, 0.717) is 0 Å². The molecule has 5 heteroatoms. The molecule has 1 aromatic rings. The first-order valence-corrected chi connectivity index (χ1v) is 8.45. The summed E-state index contributed by atoms with van der Waals surface area (Å²) in [5.41, 5.74) is 0.625. The van der Waals surface area contributed by atoms with E-state index in [1.165, 1.54) is 0 Å². The average Bonchev–Trinajstić information content (AvgIpc) is 3.13. The van der Waals surface area contributed by atoms with Gasteiger partial charge in [0.15, 0.2) is 11.5 Å². The Bertz CT molecular complexity index is 633. The molecule has 0 amide bonds. The number of benzene rings is 1. The maximum Gasteiger partial charge on any atom is 0.323 e. The van der Waals surface area contributed by atoms with Crippen molar-refractivity contribution in [1.82, 2.24) is 4.90 Å². The third-order valence-corrected chi connectivity index (χ3v) is 4.09. The highest BCUT2D eigenvalue weighted by molar-refractivity contribution is 5.76. The van der Waals surface area contributed by atoms with Gasteiger partial charge in [0.1, 0.15) is 11.6 Å². The highest BCUT2D eigenvalue weighted by Gasteiger charge is 2.33. The molecule has 1 saturated heterocycles. The Morgan fingerprint density at radius 2 is 2.12 bits per heavy atom. The van der Waals surface area contributed by atoms with Crippen molar-refractivity contribution in [2.75, 3.05) is 19.9 Å². The Hall–Kier alpha value is -2.01. The fraction of sp³-hybridized carbons (Fsp3) is 0.526. The molecule has 1 fully saturated rings. The van der Waals surface area contributed by atoms with E-state index in [1.54, 1.807) is 0 Å². The van der Waals surface area contributed by atoms with Crippen LogP contribution >= 0.6 is 0 Å². The van der Waals surface area contributed by atoms with Gasteiger partial charge in [0.2, 0.25) is 6.79 Å². The molecular formula is C19H25NO4. The molecule has 5 nitrogen and oxygen atoms in total. The van der Waals surface area contributed by atoms with Gasteiger partial charge < -0.3 is 14.2 Å². The summed E-state index contributed by atoms with van der Waals surface area (Å²) in [6, 6.07) is 5.75. The fourth-order valence-corrected chi connectivity index (χ4v) is 3.02. The molecule has 0 saturated carbocycles. The van der Waals surface area contributed by atoms with E-state index >= 15 is 0 Å². The van der Waals surface area contributed by atoms with Crippen molar-refractivity contribution < 1.29 is 19.0 Å². The first-order chi connectivity index (χ1) is 11.4. The minimum atomic E-state index is -0.437. The first-order valence-electron chi connectivity index (χ1n) is 8.45. The molecule has 0 radical (unpaired) electrons. The monoisotopic (exact) mass is 331 g/mol. The van der Waals surface area contributed by atoms with Gasteiger partial charge in [0.05, 0.1) is 0 Å². The van der Waals surface area contributed by atoms with Gasteiger partial charge >= 0.3 is 5.97 Å². The number of hydrogen-bond acceptors (Lipinski definition) is 5. The van der Waals surface area contributed by atoms with E-state index in [4.69, 9.17) is 14.2 Å². The quantitative estimate of drug-likeness (QED) is 0.793. The number of likely N-dealkylation sites (tertiary alicyclic amines) is 1.